The average molecular weight is 847 g/mol. The fourth-order valence-corrected chi connectivity index (χ4v) is 6.06. The summed E-state index contributed by atoms with van der Waals surface area (Å²) in [6, 6.07) is 31.9. The number of ether oxygens (including phenoxy) is 4. The number of hydrogen-bond acceptors (Lipinski definition) is 18. The molecule has 6 aromatic rings. The number of esters is 2. The topological polar surface area (TPSA) is 281 Å². The molecule has 0 fully saturated rings. The number of carbonyl (C=O) groups excluding carboxylic acids is 4. The number of nitrogen functional groups attached to an aromatic ring is 2. The summed E-state index contributed by atoms with van der Waals surface area (Å²) in [5.41, 5.74) is 5.21. The van der Waals surface area contributed by atoms with E-state index >= 15 is 0 Å². The van der Waals surface area contributed by atoms with Crippen LogP contribution in [0.3, 0.4) is 0 Å². The Morgan fingerprint density at radius 3 is 1.24 bits per heavy atom. The molecule has 2 aromatic heterocycles. The Hall–Kier alpha value is -7.52. The summed E-state index contributed by atoms with van der Waals surface area (Å²) in [6.07, 6.45) is -1.88. The molecule has 10 N–H and O–H groups in total. The number of nitrogens with two attached hydrogens (primary N) is 2. The zero-order chi connectivity index (χ0) is 43.5. The van der Waals surface area contributed by atoms with Crippen molar-refractivity contribution in [2.75, 3.05) is 63.3 Å². The summed E-state index contributed by atoms with van der Waals surface area (Å²) >= 11 is 0. The molecule has 0 aliphatic carbocycles. The smallest absolute Gasteiger partial charge is 0.417 e. The second-order valence-corrected chi connectivity index (χ2v) is 13.4. The van der Waals surface area contributed by atoms with Crippen molar-refractivity contribution in [1.82, 2.24) is 41.7 Å². The van der Waals surface area contributed by atoms with Crippen LogP contribution in [0.15, 0.2) is 109 Å². The molecule has 0 saturated heterocycles. The van der Waals surface area contributed by atoms with Gasteiger partial charge in [0.25, 0.3) is 11.8 Å². The number of carbonyl (C=O) groups is 4. The predicted octanol–water partition coefficient (Wildman–Crippen LogP) is 1.46. The maximum absolute atomic E-state index is 13.2. The van der Waals surface area contributed by atoms with Crippen LogP contribution in [0.1, 0.15) is 21.0 Å². The van der Waals surface area contributed by atoms with Crippen LogP contribution >= 0.6 is 0 Å². The first-order valence-electron chi connectivity index (χ1n) is 19.5. The van der Waals surface area contributed by atoms with Gasteiger partial charge in [0.05, 0.1) is 0 Å². The summed E-state index contributed by atoms with van der Waals surface area (Å²) in [5.74, 6) is 9.43. The fourth-order valence-electron chi connectivity index (χ4n) is 6.06. The van der Waals surface area contributed by atoms with E-state index in [1.165, 1.54) is 0 Å². The lowest BCUT2D eigenvalue weighted by molar-refractivity contribution is -0.175. The molecular weight excluding hydrogens is 801 g/mol. The van der Waals surface area contributed by atoms with Crippen LogP contribution < -0.4 is 53.3 Å². The molecule has 20 nitrogen and oxygen atoms in total. The number of nitrogens with one attached hydrogen (secondary N) is 6. The highest BCUT2D eigenvalue weighted by Gasteiger charge is 2.27. The van der Waals surface area contributed by atoms with Crippen LogP contribution in [0.4, 0.5) is 11.6 Å². The molecule has 6 rings (SSSR count). The largest absolute Gasteiger partial charge is 0.490 e. The first-order valence-corrected chi connectivity index (χ1v) is 19.5. The zero-order valence-corrected chi connectivity index (χ0v) is 33.4. The van der Waals surface area contributed by atoms with Gasteiger partial charge in [-0.2, -0.15) is 0 Å². The number of nitrogens with zero attached hydrogens (tertiary/aromatic N) is 4. The molecule has 4 aromatic carbocycles. The zero-order valence-electron chi connectivity index (χ0n) is 33.4. The molecule has 2 heterocycles. The van der Waals surface area contributed by atoms with Crippen molar-refractivity contribution >= 4 is 56.9 Å². The first kappa shape index (κ1) is 44.0. The number of fused-ring (bicyclic) bond motifs is 2. The van der Waals surface area contributed by atoms with Crippen molar-refractivity contribution in [3.8, 4) is 11.5 Å². The quantitative estimate of drug-likeness (QED) is 0.0158. The highest BCUT2D eigenvalue weighted by molar-refractivity contribution is 6.29. The lowest BCUT2D eigenvalue weighted by Crippen LogP contribution is -2.43. The Kier molecular flexibility index (Phi) is 16.2. The monoisotopic (exact) mass is 846 g/mol. The van der Waals surface area contributed by atoms with Crippen molar-refractivity contribution in [3.05, 3.63) is 121 Å². The summed E-state index contributed by atoms with van der Waals surface area (Å²) in [5, 5.41) is 30.3. The van der Waals surface area contributed by atoms with Gasteiger partial charge in [-0.25, -0.2) is 21.3 Å². The van der Waals surface area contributed by atoms with Crippen molar-refractivity contribution in [2.24, 2.45) is 11.7 Å². The average Bonchev–Trinajstić information content (AvgIpc) is 3.31. The molecule has 0 radical (unpaired) electrons. The normalized spacial score (nSPS) is 11.8. The molecule has 62 heavy (non-hydrogen) atoms. The van der Waals surface area contributed by atoms with E-state index in [0.29, 0.717) is 44.7 Å². The minimum absolute atomic E-state index is 0.0601. The SMILES string of the molecule is NNc1nnc(C(=O)NCCNCC(COc2ccccc2)OC(=O)C(=O)OC(CNCCNC(=O)c2nnc(NN)c3ccccc23)COc2ccccc2)c2ccccc12. The van der Waals surface area contributed by atoms with Crippen molar-refractivity contribution in [1.29, 1.82) is 0 Å². The lowest BCUT2D eigenvalue weighted by Gasteiger charge is -2.21. The minimum Gasteiger partial charge on any atom is -0.490 e. The number of benzene rings is 4. The third-order valence-electron chi connectivity index (χ3n) is 9.07. The van der Waals surface area contributed by atoms with Crippen molar-refractivity contribution in [2.45, 2.75) is 12.2 Å². The summed E-state index contributed by atoms with van der Waals surface area (Å²) < 4.78 is 22.8. The molecule has 20 heteroatoms. The van der Waals surface area contributed by atoms with Crippen LogP contribution in [0.2, 0.25) is 0 Å². The van der Waals surface area contributed by atoms with E-state index in [1.807, 2.05) is 12.1 Å². The van der Waals surface area contributed by atoms with Crippen LogP contribution in [0.5, 0.6) is 11.5 Å². The highest BCUT2D eigenvalue weighted by Crippen LogP contribution is 2.23. The van der Waals surface area contributed by atoms with E-state index in [4.69, 9.17) is 30.6 Å². The van der Waals surface area contributed by atoms with Gasteiger partial charge in [-0.05, 0) is 24.3 Å². The van der Waals surface area contributed by atoms with Gasteiger partial charge in [-0.15, -0.1) is 20.4 Å². The third-order valence-corrected chi connectivity index (χ3v) is 9.07. The van der Waals surface area contributed by atoms with Gasteiger partial charge < -0.3 is 51.1 Å². The highest BCUT2D eigenvalue weighted by atomic mass is 16.6. The first-order chi connectivity index (χ1) is 30.3. The summed E-state index contributed by atoms with van der Waals surface area (Å²) in [4.78, 5) is 52.4. The number of rotatable bonds is 22. The molecule has 0 spiro atoms. The molecule has 2 amide bonds. The molecule has 0 saturated carbocycles. The van der Waals surface area contributed by atoms with E-state index in [-0.39, 0.29) is 63.9 Å². The van der Waals surface area contributed by atoms with Crippen molar-refractivity contribution in [3.63, 3.8) is 0 Å². The Labute approximate surface area is 355 Å². The molecule has 0 aliphatic heterocycles. The van der Waals surface area contributed by atoms with E-state index in [2.05, 4.69) is 52.5 Å². The Morgan fingerprint density at radius 1 is 0.484 bits per heavy atom. The van der Waals surface area contributed by atoms with Gasteiger partial charge in [-0.3, -0.25) is 9.59 Å². The molecule has 0 aliphatic rings. The maximum atomic E-state index is 13.2. The summed E-state index contributed by atoms with van der Waals surface area (Å²) in [7, 11) is 0. The van der Waals surface area contributed by atoms with Crippen molar-refractivity contribution < 1.29 is 38.1 Å². The van der Waals surface area contributed by atoms with Gasteiger partial charge in [-0.1, -0.05) is 84.9 Å². The molecule has 322 valence electrons. The number of para-hydroxylation sites is 2. The molecular formula is C42H46N12O8. The second-order valence-electron chi connectivity index (χ2n) is 13.4. The van der Waals surface area contributed by atoms with Gasteiger partial charge >= 0.3 is 11.9 Å². The van der Waals surface area contributed by atoms with E-state index < -0.39 is 36.0 Å². The summed E-state index contributed by atoms with van der Waals surface area (Å²) in [6.45, 7) is 0.794. The van der Waals surface area contributed by atoms with Crippen LogP contribution in [0.25, 0.3) is 21.5 Å². The molecule has 2 atom stereocenters. The lowest BCUT2D eigenvalue weighted by atomic mass is 10.1. The third kappa shape index (κ3) is 12.3. The van der Waals surface area contributed by atoms with Gasteiger partial charge in [0.2, 0.25) is 0 Å². The minimum atomic E-state index is -1.25. The molecule has 0 bridgehead atoms. The van der Waals surface area contributed by atoms with Gasteiger partial charge in [0, 0.05) is 60.8 Å². The number of anilines is 2. The molecule has 2 unspecified atom stereocenters. The van der Waals surface area contributed by atoms with Gasteiger partial charge in [0.15, 0.2) is 23.0 Å². The van der Waals surface area contributed by atoms with E-state index in [0.717, 1.165) is 0 Å². The maximum Gasteiger partial charge on any atom is 0.417 e. The second kappa shape index (κ2) is 22.7. The van der Waals surface area contributed by atoms with E-state index in [1.54, 1.807) is 97.1 Å². The number of hydrogen-bond donors (Lipinski definition) is 8. The number of amides is 2. The van der Waals surface area contributed by atoms with Crippen LogP contribution in [-0.2, 0) is 19.1 Å². The Balaban J connectivity index is 1.01. The Morgan fingerprint density at radius 2 is 0.855 bits per heavy atom. The predicted molar refractivity (Wildman–Crippen MR) is 229 cm³/mol. The number of hydrazine groups is 2. The van der Waals surface area contributed by atoms with Gasteiger partial charge in [0.1, 0.15) is 36.9 Å². The van der Waals surface area contributed by atoms with Crippen LogP contribution in [-0.4, -0.2) is 109 Å². The van der Waals surface area contributed by atoms with E-state index in [9.17, 15) is 19.2 Å². The van der Waals surface area contributed by atoms with Crippen LogP contribution in [0, 0.1) is 0 Å². The fraction of sp³-hybridized carbons (Fsp3) is 0.238. The Bertz CT molecular complexity index is 2260. The standard InChI is InChI=1S/C42H46N12O8/c43-49-37-33-17-9-7-15-31(33)35(51-53-37)39(55)47-21-19-45-23-29(25-59-27-11-3-1-4-12-27)61-41(57)42(58)62-30(26-60-28-13-5-2-6-14-28)24-46-20-22-48-40(56)36-32-16-8-10-18-34(32)38(50-44)54-52-36/h1-18,29-30,45-46H,19-26,43-44H2,(H,47,55)(H,48,56)(H,49,53)(H,50,54). The number of aromatic nitrogens is 4.